The lowest BCUT2D eigenvalue weighted by molar-refractivity contribution is -0.122. The Bertz CT molecular complexity index is 1610. The largest absolute Gasteiger partial charge is 0.490 e. The predicted octanol–water partition coefficient (Wildman–Crippen LogP) is 6.63. The molecule has 0 bridgehead atoms. The molecular formula is C30H26BrCl2N3O7. The van der Waals surface area contributed by atoms with Crippen LogP contribution in [-0.4, -0.2) is 43.6 Å². The minimum absolute atomic E-state index is 0.179. The van der Waals surface area contributed by atoms with Crippen LogP contribution in [0.25, 0.3) is 6.08 Å². The van der Waals surface area contributed by atoms with Gasteiger partial charge in [-0.1, -0.05) is 46.1 Å². The van der Waals surface area contributed by atoms with Gasteiger partial charge in [0, 0.05) is 21.8 Å². The number of barbiturate groups is 1. The average molecular weight is 691 g/mol. The van der Waals surface area contributed by atoms with Crippen LogP contribution in [0.1, 0.15) is 25.8 Å². The fraction of sp³-hybridized carbons (Fsp3) is 0.200. The summed E-state index contributed by atoms with van der Waals surface area (Å²) >= 11 is 15.3. The zero-order valence-electron chi connectivity index (χ0n) is 23.0. The van der Waals surface area contributed by atoms with Crippen molar-refractivity contribution in [2.45, 2.75) is 20.3 Å². The van der Waals surface area contributed by atoms with E-state index < -0.39 is 30.4 Å². The highest BCUT2D eigenvalue weighted by atomic mass is 79.9. The SMILES string of the molecule is CCCOc1ccc(N2C(=O)NC(=O)/C(=C\c3cc(Br)ccc3OCC(=O)Nc3ccc(Cl)c(Cl)c3)C2=O)cc1OCC. The molecule has 1 heterocycles. The lowest BCUT2D eigenvalue weighted by Gasteiger charge is -2.27. The highest BCUT2D eigenvalue weighted by Gasteiger charge is 2.37. The van der Waals surface area contributed by atoms with Crippen LogP contribution in [0.15, 0.2) is 64.6 Å². The van der Waals surface area contributed by atoms with Crippen LogP contribution in [0.2, 0.25) is 10.0 Å². The Morgan fingerprint density at radius 3 is 2.42 bits per heavy atom. The van der Waals surface area contributed by atoms with Crippen LogP contribution >= 0.6 is 39.1 Å². The van der Waals surface area contributed by atoms with Gasteiger partial charge in [-0.15, -0.1) is 0 Å². The minimum atomic E-state index is -0.915. The van der Waals surface area contributed by atoms with Gasteiger partial charge in [-0.2, -0.15) is 0 Å². The molecule has 5 amide bonds. The number of nitrogens with one attached hydrogen (secondary N) is 2. The molecule has 0 saturated carbocycles. The average Bonchev–Trinajstić information content (AvgIpc) is 2.96. The zero-order valence-corrected chi connectivity index (χ0v) is 26.1. The molecule has 2 N–H and O–H groups in total. The van der Waals surface area contributed by atoms with Gasteiger partial charge in [0.25, 0.3) is 17.7 Å². The number of carbonyl (C=O) groups is 4. The van der Waals surface area contributed by atoms with Gasteiger partial charge in [-0.25, -0.2) is 9.69 Å². The number of benzene rings is 3. The second-order valence-electron chi connectivity index (χ2n) is 9.02. The Labute approximate surface area is 266 Å². The molecule has 10 nitrogen and oxygen atoms in total. The highest BCUT2D eigenvalue weighted by molar-refractivity contribution is 9.10. The number of hydrogen-bond donors (Lipinski definition) is 2. The van der Waals surface area contributed by atoms with E-state index in [0.29, 0.717) is 45.5 Å². The van der Waals surface area contributed by atoms with E-state index in [-0.39, 0.29) is 22.0 Å². The van der Waals surface area contributed by atoms with Crippen molar-refractivity contribution < 1.29 is 33.4 Å². The third kappa shape index (κ3) is 7.86. The van der Waals surface area contributed by atoms with Crippen molar-refractivity contribution >= 4 is 80.3 Å². The quantitative estimate of drug-likeness (QED) is 0.171. The Hall–Kier alpha value is -4.06. The number of urea groups is 1. The fourth-order valence-electron chi connectivity index (χ4n) is 3.96. The van der Waals surface area contributed by atoms with E-state index in [1.807, 2.05) is 6.92 Å². The Kier molecular flexibility index (Phi) is 10.7. The Morgan fingerprint density at radius 2 is 1.70 bits per heavy atom. The maximum absolute atomic E-state index is 13.6. The lowest BCUT2D eigenvalue weighted by Crippen LogP contribution is -2.54. The van der Waals surface area contributed by atoms with E-state index in [1.54, 1.807) is 43.3 Å². The van der Waals surface area contributed by atoms with Gasteiger partial charge in [0.05, 0.1) is 28.9 Å². The van der Waals surface area contributed by atoms with E-state index in [0.717, 1.165) is 11.3 Å². The van der Waals surface area contributed by atoms with Crippen LogP contribution in [0.3, 0.4) is 0 Å². The summed E-state index contributed by atoms with van der Waals surface area (Å²) in [5, 5.41) is 5.47. The molecule has 1 fully saturated rings. The summed E-state index contributed by atoms with van der Waals surface area (Å²) in [6, 6.07) is 13.2. The van der Waals surface area contributed by atoms with Crippen LogP contribution in [0, 0.1) is 0 Å². The minimum Gasteiger partial charge on any atom is -0.490 e. The van der Waals surface area contributed by atoms with E-state index in [2.05, 4.69) is 26.6 Å². The molecule has 0 aromatic heterocycles. The summed E-state index contributed by atoms with van der Waals surface area (Å²) in [6.45, 7) is 4.15. The second kappa shape index (κ2) is 14.4. The standard InChI is InChI=1S/C30H26BrCl2N3O7/c1-3-11-42-25-10-7-20(15-26(25)41-4-2)36-29(39)21(28(38)35-30(36)40)13-17-12-18(31)5-9-24(17)43-16-27(37)34-19-6-8-22(32)23(33)14-19/h5-10,12-15H,3-4,11,16H2,1-2H3,(H,34,37)(H,35,38,40)/b21-13+. The van der Waals surface area contributed by atoms with E-state index in [4.69, 9.17) is 37.4 Å². The summed E-state index contributed by atoms with van der Waals surface area (Å²) in [6.07, 6.45) is 2.07. The van der Waals surface area contributed by atoms with Crippen LogP contribution in [0.5, 0.6) is 17.2 Å². The summed E-state index contributed by atoms with van der Waals surface area (Å²) in [5.41, 5.74) is 0.584. The van der Waals surface area contributed by atoms with Gasteiger partial charge in [0.1, 0.15) is 11.3 Å². The van der Waals surface area contributed by atoms with Crippen molar-refractivity contribution in [1.29, 1.82) is 0 Å². The third-order valence-corrected chi connectivity index (χ3v) is 7.11. The molecule has 3 aromatic rings. The summed E-state index contributed by atoms with van der Waals surface area (Å²) in [4.78, 5) is 52.6. The molecule has 0 radical (unpaired) electrons. The van der Waals surface area contributed by atoms with Gasteiger partial charge in [0.15, 0.2) is 18.1 Å². The monoisotopic (exact) mass is 689 g/mol. The van der Waals surface area contributed by atoms with Crippen molar-refractivity contribution in [1.82, 2.24) is 5.32 Å². The van der Waals surface area contributed by atoms with Crippen LogP contribution < -0.4 is 29.7 Å². The molecule has 1 aliphatic heterocycles. The van der Waals surface area contributed by atoms with Gasteiger partial charge < -0.3 is 19.5 Å². The molecule has 0 atom stereocenters. The predicted molar refractivity (Wildman–Crippen MR) is 167 cm³/mol. The first-order valence-electron chi connectivity index (χ1n) is 13.1. The molecule has 0 unspecified atom stereocenters. The molecule has 43 heavy (non-hydrogen) atoms. The normalized spacial score (nSPS) is 14.0. The van der Waals surface area contributed by atoms with Gasteiger partial charge in [0.2, 0.25) is 0 Å². The summed E-state index contributed by atoms with van der Waals surface area (Å²) in [7, 11) is 0. The molecular weight excluding hydrogens is 665 g/mol. The van der Waals surface area contributed by atoms with E-state index >= 15 is 0 Å². The van der Waals surface area contributed by atoms with Gasteiger partial charge >= 0.3 is 6.03 Å². The molecule has 224 valence electrons. The molecule has 13 heteroatoms. The van der Waals surface area contributed by atoms with Crippen LogP contribution in [-0.2, 0) is 14.4 Å². The molecule has 0 spiro atoms. The first-order valence-corrected chi connectivity index (χ1v) is 14.6. The zero-order chi connectivity index (χ0) is 31.1. The van der Waals surface area contributed by atoms with E-state index in [9.17, 15) is 19.2 Å². The van der Waals surface area contributed by atoms with Crippen molar-refractivity contribution in [2.24, 2.45) is 0 Å². The summed E-state index contributed by atoms with van der Waals surface area (Å²) in [5.74, 6) is -1.22. The number of ether oxygens (including phenoxy) is 3. The van der Waals surface area contributed by atoms with E-state index in [1.165, 1.54) is 24.3 Å². The summed E-state index contributed by atoms with van der Waals surface area (Å²) < 4.78 is 17.7. The molecule has 1 aliphatic rings. The van der Waals surface area contributed by atoms with Gasteiger partial charge in [-0.3, -0.25) is 19.7 Å². The van der Waals surface area contributed by atoms with Gasteiger partial charge in [-0.05, 0) is 68.0 Å². The number of halogens is 3. The second-order valence-corrected chi connectivity index (χ2v) is 10.7. The smallest absolute Gasteiger partial charge is 0.335 e. The first-order chi connectivity index (χ1) is 20.6. The first kappa shape index (κ1) is 31.9. The Balaban J connectivity index is 1.59. The number of anilines is 2. The fourth-order valence-corrected chi connectivity index (χ4v) is 4.64. The molecule has 0 aliphatic carbocycles. The highest BCUT2D eigenvalue weighted by Crippen LogP contribution is 2.34. The van der Waals surface area contributed by atoms with Crippen molar-refractivity contribution in [2.75, 3.05) is 30.0 Å². The lowest BCUT2D eigenvalue weighted by atomic mass is 10.1. The topological polar surface area (TPSA) is 123 Å². The maximum Gasteiger partial charge on any atom is 0.335 e. The van der Waals surface area contributed by atoms with Crippen molar-refractivity contribution in [3.63, 3.8) is 0 Å². The number of rotatable bonds is 11. The number of imide groups is 2. The molecule has 3 aromatic carbocycles. The van der Waals surface area contributed by atoms with Crippen molar-refractivity contribution in [3.05, 3.63) is 80.3 Å². The Morgan fingerprint density at radius 1 is 0.930 bits per heavy atom. The molecule has 4 rings (SSSR count). The number of nitrogens with zero attached hydrogens (tertiary/aromatic N) is 1. The number of carbonyl (C=O) groups excluding carboxylic acids is 4. The number of hydrogen-bond acceptors (Lipinski definition) is 7. The van der Waals surface area contributed by atoms with Crippen LogP contribution in [0.4, 0.5) is 16.2 Å². The maximum atomic E-state index is 13.6. The van der Waals surface area contributed by atoms with Crippen molar-refractivity contribution in [3.8, 4) is 17.2 Å². The molecule has 1 saturated heterocycles. The third-order valence-electron chi connectivity index (χ3n) is 5.88. The number of amides is 5.